The maximum Gasteiger partial charge on any atom is 0.345 e. The van der Waals surface area contributed by atoms with Gasteiger partial charge in [-0.05, 0) is 56.2 Å². The van der Waals surface area contributed by atoms with Gasteiger partial charge in [0.05, 0.1) is 27.8 Å². The summed E-state index contributed by atoms with van der Waals surface area (Å²) in [4.78, 5) is 23.4. The SMILES string of the molecule is CCN(C)/C=N/c1cc(C)c(C(=O)Oc2nc3ccccc3s2)cc1C. The van der Waals surface area contributed by atoms with Gasteiger partial charge in [-0.2, -0.15) is 0 Å². The van der Waals surface area contributed by atoms with Crippen molar-refractivity contribution in [3.05, 3.63) is 53.1 Å². The van der Waals surface area contributed by atoms with Crippen molar-refractivity contribution in [1.29, 1.82) is 0 Å². The van der Waals surface area contributed by atoms with Crippen LogP contribution in [0.2, 0.25) is 0 Å². The van der Waals surface area contributed by atoms with E-state index in [4.69, 9.17) is 4.74 Å². The normalized spacial score (nSPS) is 11.2. The second kappa shape index (κ2) is 7.66. The monoisotopic (exact) mass is 367 g/mol. The minimum Gasteiger partial charge on any atom is -0.394 e. The lowest BCUT2D eigenvalue weighted by Gasteiger charge is -2.11. The van der Waals surface area contributed by atoms with E-state index >= 15 is 0 Å². The maximum absolute atomic E-state index is 12.6. The molecular weight excluding hydrogens is 346 g/mol. The van der Waals surface area contributed by atoms with Crippen LogP contribution in [-0.2, 0) is 0 Å². The van der Waals surface area contributed by atoms with Crippen molar-refractivity contribution < 1.29 is 9.53 Å². The number of carbonyl (C=O) groups excluding carboxylic acids is 1. The number of aromatic nitrogens is 1. The average Bonchev–Trinajstić information content (AvgIpc) is 3.03. The highest BCUT2D eigenvalue weighted by atomic mass is 32.1. The first-order chi connectivity index (χ1) is 12.5. The fourth-order valence-corrected chi connectivity index (χ4v) is 3.25. The van der Waals surface area contributed by atoms with Crippen molar-refractivity contribution in [1.82, 2.24) is 9.88 Å². The lowest BCUT2D eigenvalue weighted by molar-refractivity contribution is 0.0734. The largest absolute Gasteiger partial charge is 0.394 e. The van der Waals surface area contributed by atoms with Crippen molar-refractivity contribution in [2.75, 3.05) is 13.6 Å². The summed E-state index contributed by atoms with van der Waals surface area (Å²) in [6.45, 7) is 6.77. The fraction of sp³-hybridized carbons (Fsp3) is 0.250. The Hall–Kier alpha value is -2.73. The summed E-state index contributed by atoms with van der Waals surface area (Å²) < 4.78 is 6.49. The van der Waals surface area contributed by atoms with Gasteiger partial charge in [-0.1, -0.05) is 23.5 Å². The second-order valence-corrected chi connectivity index (χ2v) is 7.10. The summed E-state index contributed by atoms with van der Waals surface area (Å²) in [5.74, 6) is -0.397. The molecule has 3 rings (SSSR count). The molecule has 0 radical (unpaired) electrons. The van der Waals surface area contributed by atoms with Gasteiger partial charge >= 0.3 is 5.97 Å². The van der Waals surface area contributed by atoms with Crippen LogP contribution in [0.3, 0.4) is 0 Å². The van der Waals surface area contributed by atoms with E-state index in [1.54, 1.807) is 6.34 Å². The molecule has 0 amide bonds. The van der Waals surface area contributed by atoms with Crippen molar-refractivity contribution in [3.63, 3.8) is 0 Å². The Labute approximate surface area is 157 Å². The average molecular weight is 367 g/mol. The molecule has 0 aliphatic rings. The number of para-hydroxylation sites is 1. The van der Waals surface area contributed by atoms with Crippen LogP contribution in [0, 0.1) is 13.8 Å². The summed E-state index contributed by atoms with van der Waals surface area (Å²) in [6.07, 6.45) is 1.79. The Balaban J connectivity index is 1.83. The van der Waals surface area contributed by atoms with Gasteiger partial charge in [-0.25, -0.2) is 14.8 Å². The number of nitrogens with zero attached hydrogens (tertiary/aromatic N) is 3. The third-order valence-electron chi connectivity index (χ3n) is 4.11. The molecule has 0 aliphatic heterocycles. The molecule has 3 aromatic rings. The first-order valence-corrected chi connectivity index (χ1v) is 9.23. The van der Waals surface area contributed by atoms with Crippen LogP contribution in [0.5, 0.6) is 5.19 Å². The van der Waals surface area contributed by atoms with Gasteiger partial charge in [0.15, 0.2) is 0 Å². The summed E-state index contributed by atoms with van der Waals surface area (Å²) >= 11 is 1.36. The van der Waals surface area contributed by atoms with Crippen molar-refractivity contribution >= 4 is 39.5 Å². The molecule has 5 nitrogen and oxygen atoms in total. The summed E-state index contributed by atoms with van der Waals surface area (Å²) in [6, 6.07) is 11.4. The van der Waals surface area contributed by atoms with E-state index in [1.807, 2.05) is 62.2 Å². The topological polar surface area (TPSA) is 54.8 Å². The van der Waals surface area contributed by atoms with Crippen LogP contribution >= 0.6 is 11.3 Å². The van der Waals surface area contributed by atoms with E-state index in [-0.39, 0.29) is 0 Å². The van der Waals surface area contributed by atoms with Crippen molar-refractivity contribution in [3.8, 4) is 5.19 Å². The van der Waals surface area contributed by atoms with Gasteiger partial charge < -0.3 is 9.64 Å². The standard InChI is InChI=1S/C20H21N3O2S/c1-5-23(4)12-21-17-11-13(2)15(10-14(17)3)19(24)25-20-22-16-8-6-7-9-18(16)26-20/h6-12H,5H2,1-4H3/b21-12+. The number of carbonyl (C=O) groups is 1. The predicted molar refractivity (Wildman–Crippen MR) is 107 cm³/mol. The number of ether oxygens (including phenoxy) is 1. The maximum atomic E-state index is 12.6. The van der Waals surface area contributed by atoms with Crippen LogP contribution < -0.4 is 4.74 Å². The summed E-state index contributed by atoms with van der Waals surface area (Å²) in [5, 5.41) is 0.361. The zero-order valence-electron chi connectivity index (χ0n) is 15.3. The molecule has 0 saturated heterocycles. The minimum absolute atomic E-state index is 0.361. The molecule has 0 aliphatic carbocycles. The smallest absolute Gasteiger partial charge is 0.345 e. The van der Waals surface area contributed by atoms with E-state index in [0.29, 0.717) is 10.8 Å². The number of esters is 1. The summed E-state index contributed by atoms with van der Waals surface area (Å²) in [7, 11) is 1.97. The van der Waals surface area contributed by atoms with Gasteiger partial charge in [0.1, 0.15) is 0 Å². The van der Waals surface area contributed by atoms with Gasteiger partial charge in [0.2, 0.25) is 0 Å². The van der Waals surface area contributed by atoms with Gasteiger partial charge in [0.25, 0.3) is 5.19 Å². The Morgan fingerprint density at radius 1 is 1.27 bits per heavy atom. The Kier molecular flexibility index (Phi) is 5.32. The van der Waals surface area contributed by atoms with Crippen molar-refractivity contribution in [2.24, 2.45) is 4.99 Å². The van der Waals surface area contributed by atoms with E-state index in [0.717, 1.165) is 33.6 Å². The number of thiazole rings is 1. The lowest BCUT2D eigenvalue weighted by Crippen LogP contribution is -2.14. The molecule has 2 aromatic carbocycles. The third kappa shape index (κ3) is 3.91. The van der Waals surface area contributed by atoms with E-state index in [1.165, 1.54) is 11.3 Å². The molecule has 1 aromatic heterocycles. The lowest BCUT2D eigenvalue weighted by atomic mass is 10.0. The molecule has 6 heteroatoms. The third-order valence-corrected chi connectivity index (χ3v) is 5.02. The molecule has 134 valence electrons. The number of fused-ring (bicyclic) bond motifs is 1. The van der Waals surface area contributed by atoms with Crippen LogP contribution in [0.25, 0.3) is 10.2 Å². The van der Waals surface area contributed by atoms with Crippen molar-refractivity contribution in [2.45, 2.75) is 20.8 Å². The first kappa shape index (κ1) is 18.1. The van der Waals surface area contributed by atoms with Crippen LogP contribution in [0.15, 0.2) is 41.4 Å². The molecule has 0 bridgehead atoms. The Morgan fingerprint density at radius 3 is 2.77 bits per heavy atom. The fourth-order valence-electron chi connectivity index (χ4n) is 2.43. The molecule has 0 saturated carbocycles. The highest BCUT2D eigenvalue weighted by Crippen LogP contribution is 2.29. The number of aryl methyl sites for hydroxylation is 2. The number of aliphatic imine (C=N–C) groups is 1. The van der Waals surface area contributed by atoms with Gasteiger partial charge in [-0.3, -0.25) is 0 Å². The first-order valence-electron chi connectivity index (χ1n) is 8.41. The number of hydrogen-bond donors (Lipinski definition) is 0. The molecule has 0 fully saturated rings. The molecule has 0 N–H and O–H groups in total. The molecule has 0 unspecified atom stereocenters. The molecule has 1 heterocycles. The quantitative estimate of drug-likeness (QED) is 0.371. The minimum atomic E-state index is -0.397. The molecular formula is C20H21N3O2S. The van der Waals surface area contributed by atoms with Crippen LogP contribution in [0.4, 0.5) is 5.69 Å². The number of rotatable bonds is 5. The predicted octanol–water partition coefficient (Wildman–Crippen LogP) is 4.74. The summed E-state index contributed by atoms with van der Waals surface area (Å²) in [5.41, 5.74) is 3.96. The van der Waals surface area contributed by atoms with E-state index in [2.05, 4.69) is 16.9 Å². The molecule has 0 atom stereocenters. The van der Waals surface area contributed by atoms with Crippen LogP contribution in [-0.4, -0.2) is 35.8 Å². The Morgan fingerprint density at radius 2 is 2.04 bits per heavy atom. The number of benzene rings is 2. The molecule has 0 spiro atoms. The number of hydrogen-bond acceptors (Lipinski definition) is 5. The Bertz CT molecular complexity index is 945. The highest BCUT2D eigenvalue weighted by molar-refractivity contribution is 7.20. The van der Waals surface area contributed by atoms with Gasteiger partial charge in [0, 0.05) is 13.6 Å². The second-order valence-electron chi connectivity index (χ2n) is 6.11. The highest BCUT2D eigenvalue weighted by Gasteiger charge is 2.16. The van der Waals surface area contributed by atoms with Gasteiger partial charge in [-0.15, -0.1) is 0 Å². The molecule has 26 heavy (non-hydrogen) atoms. The van der Waals surface area contributed by atoms with E-state index in [9.17, 15) is 4.79 Å². The van der Waals surface area contributed by atoms with Crippen LogP contribution in [0.1, 0.15) is 28.4 Å². The van der Waals surface area contributed by atoms with E-state index < -0.39 is 5.97 Å². The zero-order valence-corrected chi connectivity index (χ0v) is 16.1. The zero-order chi connectivity index (χ0) is 18.7.